The molecule has 0 heterocycles. The van der Waals surface area contributed by atoms with Gasteiger partial charge in [0.1, 0.15) is 5.75 Å². The van der Waals surface area contributed by atoms with Gasteiger partial charge >= 0.3 is 0 Å². The van der Waals surface area contributed by atoms with Crippen molar-refractivity contribution in [1.82, 2.24) is 0 Å². The first kappa shape index (κ1) is 15.3. The van der Waals surface area contributed by atoms with Crippen LogP contribution in [0.25, 0.3) is 0 Å². The number of para-hydroxylation sites is 1. The predicted molar refractivity (Wildman–Crippen MR) is 87.9 cm³/mol. The van der Waals surface area contributed by atoms with Crippen LogP contribution in [0.3, 0.4) is 0 Å². The number of ether oxygens (including phenoxy) is 1. The number of hydrogen-bond donors (Lipinski definition) is 2. The Bertz CT molecular complexity index is 644. The molecule has 0 fully saturated rings. The molecule has 0 radical (unpaired) electrons. The maximum absolute atomic E-state index is 12.0. The van der Waals surface area contributed by atoms with Crippen LogP contribution in [-0.2, 0) is 4.79 Å². The fraction of sp³-hybridized carbons (Fsp3) is 0.188. The van der Waals surface area contributed by atoms with E-state index in [0.29, 0.717) is 22.9 Å². The van der Waals surface area contributed by atoms with Crippen molar-refractivity contribution in [2.24, 2.45) is 0 Å². The quantitative estimate of drug-likeness (QED) is 0.657. The summed E-state index contributed by atoms with van der Waals surface area (Å²) in [4.78, 5) is 13.0. The maximum Gasteiger partial charge on any atom is 0.234 e. The first-order valence-corrected chi connectivity index (χ1v) is 7.50. The highest BCUT2D eigenvalue weighted by Gasteiger charge is 2.09. The van der Waals surface area contributed by atoms with Crippen molar-refractivity contribution in [3.05, 3.63) is 48.0 Å². The summed E-state index contributed by atoms with van der Waals surface area (Å²) < 4.78 is 5.24. The lowest BCUT2D eigenvalue weighted by Crippen LogP contribution is -2.15. The number of aryl methyl sites for hydroxylation is 1. The molecule has 5 heteroatoms. The molecule has 0 aliphatic carbocycles. The van der Waals surface area contributed by atoms with Crippen LogP contribution in [-0.4, -0.2) is 18.8 Å². The van der Waals surface area contributed by atoms with Gasteiger partial charge < -0.3 is 15.8 Å². The van der Waals surface area contributed by atoms with Crippen molar-refractivity contribution in [3.8, 4) is 5.75 Å². The fourth-order valence-corrected chi connectivity index (χ4v) is 2.63. The molecule has 110 valence electrons. The van der Waals surface area contributed by atoms with Crippen molar-refractivity contribution in [1.29, 1.82) is 0 Å². The number of amides is 1. The van der Waals surface area contributed by atoms with Crippen LogP contribution in [0.5, 0.6) is 5.75 Å². The third kappa shape index (κ3) is 4.16. The zero-order valence-electron chi connectivity index (χ0n) is 12.1. The SMILES string of the molecule is COc1ccc(C)cc1NC(=O)CSc1ccccc1N. The molecule has 2 aromatic rings. The summed E-state index contributed by atoms with van der Waals surface area (Å²) in [5.74, 6) is 0.857. The van der Waals surface area contributed by atoms with E-state index < -0.39 is 0 Å². The maximum atomic E-state index is 12.0. The van der Waals surface area contributed by atoms with Crippen molar-refractivity contribution in [2.75, 3.05) is 23.9 Å². The Morgan fingerprint density at radius 2 is 2.05 bits per heavy atom. The summed E-state index contributed by atoms with van der Waals surface area (Å²) in [7, 11) is 1.58. The minimum Gasteiger partial charge on any atom is -0.495 e. The predicted octanol–water partition coefficient (Wildman–Crippen LogP) is 3.32. The van der Waals surface area contributed by atoms with Crippen LogP contribution in [0.4, 0.5) is 11.4 Å². The molecule has 1 amide bonds. The number of nitrogens with two attached hydrogens (primary N) is 1. The standard InChI is InChI=1S/C16H18N2O2S/c1-11-7-8-14(20-2)13(9-11)18-16(19)10-21-15-6-4-3-5-12(15)17/h3-9H,10,17H2,1-2H3,(H,18,19). The number of nitrogen functional groups attached to an aromatic ring is 1. The Labute approximate surface area is 128 Å². The van der Waals surface area contributed by atoms with Gasteiger partial charge in [-0.15, -0.1) is 11.8 Å². The number of methoxy groups -OCH3 is 1. The molecule has 2 aromatic carbocycles. The van der Waals surface area contributed by atoms with E-state index in [1.165, 1.54) is 11.8 Å². The van der Waals surface area contributed by atoms with Crippen LogP contribution in [0.15, 0.2) is 47.4 Å². The third-order valence-electron chi connectivity index (χ3n) is 2.91. The molecule has 0 aliphatic heterocycles. The summed E-state index contributed by atoms with van der Waals surface area (Å²) in [5.41, 5.74) is 8.28. The van der Waals surface area contributed by atoms with Crippen molar-refractivity contribution >= 4 is 29.0 Å². The molecule has 0 saturated heterocycles. The van der Waals surface area contributed by atoms with Crippen molar-refractivity contribution in [2.45, 2.75) is 11.8 Å². The van der Waals surface area contributed by atoms with Crippen LogP contribution >= 0.6 is 11.8 Å². The van der Waals surface area contributed by atoms with E-state index in [0.717, 1.165) is 10.5 Å². The van der Waals surface area contributed by atoms with E-state index in [1.807, 2.05) is 49.4 Å². The van der Waals surface area contributed by atoms with Crippen LogP contribution < -0.4 is 15.8 Å². The van der Waals surface area contributed by atoms with E-state index in [4.69, 9.17) is 10.5 Å². The molecule has 4 nitrogen and oxygen atoms in total. The Morgan fingerprint density at radius 3 is 2.76 bits per heavy atom. The summed E-state index contributed by atoms with van der Waals surface area (Å²) in [6.07, 6.45) is 0. The Hall–Kier alpha value is -2.14. The topological polar surface area (TPSA) is 64.3 Å². The molecule has 0 aromatic heterocycles. The van der Waals surface area contributed by atoms with Crippen LogP contribution in [0, 0.1) is 6.92 Å². The van der Waals surface area contributed by atoms with Gasteiger partial charge in [-0.1, -0.05) is 18.2 Å². The number of anilines is 2. The first-order valence-electron chi connectivity index (χ1n) is 6.52. The van der Waals surface area contributed by atoms with E-state index in [-0.39, 0.29) is 5.91 Å². The normalized spacial score (nSPS) is 10.2. The van der Waals surface area contributed by atoms with Gasteiger partial charge in [-0.25, -0.2) is 0 Å². The lowest BCUT2D eigenvalue weighted by Gasteiger charge is -2.11. The number of hydrogen-bond acceptors (Lipinski definition) is 4. The Morgan fingerprint density at radius 1 is 1.29 bits per heavy atom. The molecule has 3 N–H and O–H groups in total. The zero-order valence-corrected chi connectivity index (χ0v) is 12.9. The monoisotopic (exact) mass is 302 g/mol. The first-order chi connectivity index (χ1) is 10.1. The van der Waals surface area contributed by atoms with E-state index in [2.05, 4.69) is 5.32 Å². The highest BCUT2D eigenvalue weighted by molar-refractivity contribution is 8.00. The summed E-state index contributed by atoms with van der Waals surface area (Å²) in [6, 6.07) is 13.2. The third-order valence-corrected chi connectivity index (χ3v) is 4.00. The second kappa shape index (κ2) is 7.04. The van der Waals surface area contributed by atoms with Gasteiger partial charge in [0, 0.05) is 10.6 Å². The molecule has 0 bridgehead atoms. The lowest BCUT2D eigenvalue weighted by molar-refractivity contribution is -0.113. The lowest BCUT2D eigenvalue weighted by atomic mass is 10.2. The number of nitrogens with one attached hydrogen (secondary N) is 1. The number of thioether (sulfide) groups is 1. The van der Waals surface area contributed by atoms with Crippen LogP contribution in [0.1, 0.15) is 5.56 Å². The van der Waals surface area contributed by atoms with Gasteiger partial charge in [-0.05, 0) is 36.8 Å². The van der Waals surface area contributed by atoms with Crippen LogP contribution in [0.2, 0.25) is 0 Å². The van der Waals surface area contributed by atoms with Gasteiger partial charge in [-0.3, -0.25) is 4.79 Å². The van der Waals surface area contributed by atoms with Gasteiger partial charge in [0.05, 0.1) is 18.6 Å². The second-order valence-electron chi connectivity index (χ2n) is 4.58. The van der Waals surface area contributed by atoms with Crippen molar-refractivity contribution in [3.63, 3.8) is 0 Å². The van der Waals surface area contributed by atoms with Gasteiger partial charge in [-0.2, -0.15) is 0 Å². The molecular weight excluding hydrogens is 284 g/mol. The van der Waals surface area contributed by atoms with Gasteiger partial charge in [0.2, 0.25) is 5.91 Å². The van der Waals surface area contributed by atoms with Crippen molar-refractivity contribution < 1.29 is 9.53 Å². The molecule has 0 unspecified atom stereocenters. The number of carbonyl (C=O) groups excluding carboxylic acids is 1. The molecule has 0 aliphatic rings. The second-order valence-corrected chi connectivity index (χ2v) is 5.60. The number of carbonyl (C=O) groups is 1. The molecule has 21 heavy (non-hydrogen) atoms. The summed E-state index contributed by atoms with van der Waals surface area (Å²) in [6.45, 7) is 1.97. The van der Waals surface area contributed by atoms with Gasteiger partial charge in [0.15, 0.2) is 0 Å². The molecule has 0 atom stereocenters. The molecular formula is C16H18N2O2S. The Kier molecular flexibility index (Phi) is 5.11. The average molecular weight is 302 g/mol. The van der Waals surface area contributed by atoms with Gasteiger partial charge in [0.25, 0.3) is 0 Å². The highest BCUT2D eigenvalue weighted by atomic mass is 32.2. The minimum atomic E-state index is -0.0906. The summed E-state index contributed by atoms with van der Waals surface area (Å²) >= 11 is 1.41. The molecule has 0 saturated carbocycles. The molecule has 0 spiro atoms. The average Bonchev–Trinajstić information content (AvgIpc) is 2.47. The number of rotatable bonds is 5. The van der Waals surface area contributed by atoms with E-state index >= 15 is 0 Å². The smallest absolute Gasteiger partial charge is 0.234 e. The van der Waals surface area contributed by atoms with E-state index in [9.17, 15) is 4.79 Å². The molecule has 2 rings (SSSR count). The minimum absolute atomic E-state index is 0.0906. The number of benzene rings is 2. The fourth-order valence-electron chi connectivity index (χ4n) is 1.86. The Balaban J connectivity index is 1.99. The summed E-state index contributed by atoms with van der Waals surface area (Å²) in [5, 5.41) is 2.87. The van der Waals surface area contributed by atoms with E-state index in [1.54, 1.807) is 7.11 Å². The largest absolute Gasteiger partial charge is 0.495 e. The highest BCUT2D eigenvalue weighted by Crippen LogP contribution is 2.27. The zero-order chi connectivity index (χ0) is 15.2.